The summed E-state index contributed by atoms with van der Waals surface area (Å²) in [5, 5.41) is 4.13. The summed E-state index contributed by atoms with van der Waals surface area (Å²) in [5.74, 6) is 1.53. The molecule has 0 aliphatic heterocycles. The van der Waals surface area contributed by atoms with Crippen LogP contribution < -0.4 is 10.1 Å². The number of hydrogen-bond acceptors (Lipinski definition) is 3. The largest absolute Gasteiger partial charge is 0.455 e. The maximum absolute atomic E-state index is 5.94. The monoisotopic (exact) mass is 304 g/mol. The second-order valence-corrected chi connectivity index (χ2v) is 5.54. The lowest BCUT2D eigenvalue weighted by molar-refractivity contribution is 0.474. The first-order chi connectivity index (χ1) is 10.1. The van der Waals surface area contributed by atoms with Crippen LogP contribution in [0.3, 0.4) is 0 Å². The second kappa shape index (κ2) is 7.43. The molecule has 1 atom stereocenters. The summed E-state index contributed by atoms with van der Waals surface area (Å²) in [5.41, 5.74) is 2.02. The number of ether oxygens (including phenoxy) is 1. The first-order valence-electron chi connectivity index (χ1n) is 7.23. The Labute approximate surface area is 131 Å². The zero-order valence-electron chi connectivity index (χ0n) is 12.7. The predicted octanol–water partition coefficient (Wildman–Crippen LogP) is 4.90. The highest BCUT2D eigenvalue weighted by molar-refractivity contribution is 6.30. The Balaban J connectivity index is 2.05. The molecule has 0 aliphatic rings. The molecular formula is C17H21ClN2O. The summed E-state index contributed by atoms with van der Waals surface area (Å²) < 4.78 is 5.84. The van der Waals surface area contributed by atoms with E-state index >= 15 is 0 Å². The molecule has 0 spiro atoms. The van der Waals surface area contributed by atoms with Crippen molar-refractivity contribution in [3.63, 3.8) is 0 Å². The maximum Gasteiger partial charge on any atom is 0.145 e. The normalized spacial score (nSPS) is 12.2. The van der Waals surface area contributed by atoms with E-state index in [4.69, 9.17) is 16.3 Å². The summed E-state index contributed by atoms with van der Waals surface area (Å²) in [4.78, 5) is 4.46. The molecule has 1 heterocycles. The summed E-state index contributed by atoms with van der Waals surface area (Å²) in [6, 6.07) is 9.76. The Morgan fingerprint density at radius 1 is 1.29 bits per heavy atom. The van der Waals surface area contributed by atoms with Crippen molar-refractivity contribution in [3.8, 4) is 11.5 Å². The summed E-state index contributed by atoms with van der Waals surface area (Å²) in [7, 11) is 0. The molecule has 0 aliphatic carbocycles. The average Bonchev–Trinajstić information content (AvgIpc) is 2.48. The van der Waals surface area contributed by atoms with Crippen LogP contribution in [0.1, 0.15) is 37.6 Å². The Morgan fingerprint density at radius 2 is 2.10 bits per heavy atom. The van der Waals surface area contributed by atoms with E-state index in [1.54, 1.807) is 6.20 Å². The van der Waals surface area contributed by atoms with Crippen LogP contribution in [0, 0.1) is 6.92 Å². The van der Waals surface area contributed by atoms with E-state index in [-0.39, 0.29) is 6.04 Å². The highest BCUT2D eigenvalue weighted by Gasteiger charge is 2.07. The molecule has 1 aromatic heterocycles. The van der Waals surface area contributed by atoms with Gasteiger partial charge in [-0.1, -0.05) is 18.5 Å². The van der Waals surface area contributed by atoms with Crippen molar-refractivity contribution in [2.75, 3.05) is 6.54 Å². The molecule has 0 radical (unpaired) electrons. The first kappa shape index (κ1) is 15.8. The van der Waals surface area contributed by atoms with Gasteiger partial charge in [0.15, 0.2) is 0 Å². The van der Waals surface area contributed by atoms with E-state index in [1.807, 2.05) is 37.3 Å². The zero-order valence-corrected chi connectivity index (χ0v) is 13.4. The van der Waals surface area contributed by atoms with Crippen LogP contribution >= 0.6 is 11.6 Å². The van der Waals surface area contributed by atoms with E-state index < -0.39 is 0 Å². The predicted molar refractivity (Wildman–Crippen MR) is 87.2 cm³/mol. The van der Waals surface area contributed by atoms with Gasteiger partial charge in [0.2, 0.25) is 0 Å². The zero-order chi connectivity index (χ0) is 15.2. The molecule has 1 N–H and O–H groups in total. The van der Waals surface area contributed by atoms with Crippen LogP contribution in [-0.4, -0.2) is 11.5 Å². The van der Waals surface area contributed by atoms with Gasteiger partial charge < -0.3 is 10.1 Å². The fraction of sp³-hybridized carbons (Fsp3) is 0.353. The summed E-state index contributed by atoms with van der Waals surface area (Å²) >= 11 is 5.94. The molecule has 21 heavy (non-hydrogen) atoms. The Bertz CT molecular complexity index is 584. The van der Waals surface area contributed by atoms with E-state index in [0.29, 0.717) is 5.02 Å². The van der Waals surface area contributed by atoms with Gasteiger partial charge in [-0.05, 0) is 62.7 Å². The number of aryl methyl sites for hydroxylation is 1. The SMILES string of the molecule is CCCNC(C)c1ccc(Oc2ccc(Cl)cc2C)cn1. The molecular weight excluding hydrogens is 284 g/mol. The van der Waals surface area contributed by atoms with Gasteiger partial charge >= 0.3 is 0 Å². The highest BCUT2D eigenvalue weighted by atomic mass is 35.5. The van der Waals surface area contributed by atoms with Gasteiger partial charge in [0.05, 0.1) is 11.9 Å². The summed E-state index contributed by atoms with van der Waals surface area (Å²) in [6.45, 7) is 7.23. The fourth-order valence-electron chi connectivity index (χ4n) is 2.03. The minimum absolute atomic E-state index is 0.247. The lowest BCUT2D eigenvalue weighted by Gasteiger charge is -2.13. The number of halogens is 1. The van der Waals surface area contributed by atoms with E-state index in [9.17, 15) is 0 Å². The number of nitrogens with zero attached hydrogens (tertiary/aromatic N) is 1. The topological polar surface area (TPSA) is 34.1 Å². The van der Waals surface area contributed by atoms with Crippen molar-refractivity contribution in [2.45, 2.75) is 33.2 Å². The molecule has 0 saturated carbocycles. The molecule has 2 rings (SSSR count). The Hall–Kier alpha value is -1.58. The van der Waals surface area contributed by atoms with Crippen molar-refractivity contribution in [1.29, 1.82) is 0 Å². The van der Waals surface area contributed by atoms with Gasteiger partial charge in [-0.2, -0.15) is 0 Å². The molecule has 0 saturated heterocycles. The van der Waals surface area contributed by atoms with Gasteiger partial charge in [-0.3, -0.25) is 4.98 Å². The third-order valence-electron chi connectivity index (χ3n) is 3.27. The Kier molecular flexibility index (Phi) is 5.59. The van der Waals surface area contributed by atoms with Crippen molar-refractivity contribution in [1.82, 2.24) is 10.3 Å². The number of hydrogen-bond donors (Lipinski definition) is 1. The lowest BCUT2D eigenvalue weighted by Crippen LogP contribution is -2.20. The van der Waals surface area contributed by atoms with Gasteiger partial charge in [0.1, 0.15) is 11.5 Å². The van der Waals surface area contributed by atoms with Crippen molar-refractivity contribution < 1.29 is 4.74 Å². The highest BCUT2D eigenvalue weighted by Crippen LogP contribution is 2.27. The lowest BCUT2D eigenvalue weighted by atomic mass is 10.2. The van der Waals surface area contributed by atoms with E-state index in [1.165, 1.54) is 0 Å². The van der Waals surface area contributed by atoms with E-state index in [2.05, 4.69) is 24.1 Å². The minimum atomic E-state index is 0.247. The van der Waals surface area contributed by atoms with Crippen LogP contribution in [0.5, 0.6) is 11.5 Å². The summed E-state index contributed by atoms with van der Waals surface area (Å²) in [6.07, 6.45) is 2.87. The third kappa shape index (κ3) is 4.45. The number of rotatable bonds is 6. The fourth-order valence-corrected chi connectivity index (χ4v) is 2.25. The molecule has 3 nitrogen and oxygen atoms in total. The number of pyridine rings is 1. The average molecular weight is 305 g/mol. The molecule has 4 heteroatoms. The molecule has 0 fully saturated rings. The van der Waals surface area contributed by atoms with Crippen LogP contribution in [0.15, 0.2) is 36.5 Å². The third-order valence-corrected chi connectivity index (χ3v) is 3.50. The van der Waals surface area contributed by atoms with Crippen LogP contribution in [0.2, 0.25) is 5.02 Å². The maximum atomic E-state index is 5.94. The smallest absolute Gasteiger partial charge is 0.145 e. The minimum Gasteiger partial charge on any atom is -0.455 e. The van der Waals surface area contributed by atoms with Gasteiger partial charge in [0, 0.05) is 11.1 Å². The standard InChI is InChI=1S/C17H21ClN2O/c1-4-9-19-13(3)16-7-6-15(11-20-16)21-17-8-5-14(18)10-12(17)2/h5-8,10-11,13,19H,4,9H2,1-3H3. The van der Waals surface area contributed by atoms with Crippen LogP contribution in [-0.2, 0) is 0 Å². The van der Waals surface area contributed by atoms with Gasteiger partial charge in [-0.15, -0.1) is 0 Å². The molecule has 0 amide bonds. The molecule has 1 aromatic carbocycles. The quantitative estimate of drug-likeness (QED) is 0.824. The Morgan fingerprint density at radius 3 is 2.71 bits per heavy atom. The van der Waals surface area contributed by atoms with Crippen molar-refractivity contribution >= 4 is 11.6 Å². The molecule has 112 valence electrons. The number of aromatic nitrogens is 1. The molecule has 0 bridgehead atoms. The van der Waals surface area contributed by atoms with E-state index in [0.717, 1.165) is 35.7 Å². The van der Waals surface area contributed by atoms with Crippen LogP contribution in [0.25, 0.3) is 0 Å². The van der Waals surface area contributed by atoms with Crippen molar-refractivity contribution in [2.24, 2.45) is 0 Å². The number of benzene rings is 1. The molecule has 2 aromatic rings. The number of nitrogens with one attached hydrogen (secondary N) is 1. The van der Waals surface area contributed by atoms with Crippen LogP contribution in [0.4, 0.5) is 0 Å². The second-order valence-electron chi connectivity index (χ2n) is 5.11. The first-order valence-corrected chi connectivity index (χ1v) is 7.61. The van der Waals surface area contributed by atoms with Gasteiger partial charge in [0.25, 0.3) is 0 Å². The van der Waals surface area contributed by atoms with Crippen molar-refractivity contribution in [3.05, 3.63) is 52.8 Å². The molecule has 1 unspecified atom stereocenters. The van der Waals surface area contributed by atoms with Gasteiger partial charge in [-0.25, -0.2) is 0 Å².